The summed E-state index contributed by atoms with van der Waals surface area (Å²) in [4.78, 5) is 0. The van der Waals surface area contributed by atoms with Crippen LogP contribution in [0.5, 0.6) is 11.5 Å². The molecule has 1 aromatic carbocycles. The Bertz CT molecular complexity index is 331. The Morgan fingerprint density at radius 2 is 1.17 bits per heavy atom. The summed E-state index contributed by atoms with van der Waals surface area (Å²) in [5.74, 6) is 1.45. The van der Waals surface area contributed by atoms with Crippen molar-refractivity contribution in [1.82, 2.24) is 0 Å². The van der Waals surface area contributed by atoms with E-state index >= 15 is 0 Å². The zero-order valence-electron chi connectivity index (χ0n) is 10.7. The zero-order chi connectivity index (χ0) is 13.1. The van der Waals surface area contributed by atoms with Crippen LogP contribution >= 0.6 is 0 Å². The molecular weight excluding hydrogens is 232 g/mol. The highest BCUT2D eigenvalue weighted by Crippen LogP contribution is 2.17. The largest absolute Gasteiger partial charge is 0.465 e. The van der Waals surface area contributed by atoms with Crippen LogP contribution in [0.1, 0.15) is 13.8 Å². The SMILES string of the molecule is CC=COCOc1ccc(OCOC=CC)cc1. The smallest absolute Gasteiger partial charge is 0.229 e. The van der Waals surface area contributed by atoms with Gasteiger partial charge < -0.3 is 18.9 Å². The van der Waals surface area contributed by atoms with Crippen LogP contribution < -0.4 is 9.47 Å². The molecular formula is C14H18O4. The fraction of sp³-hybridized carbons (Fsp3) is 0.286. The number of benzene rings is 1. The van der Waals surface area contributed by atoms with Crippen LogP contribution in [0, 0.1) is 0 Å². The Morgan fingerprint density at radius 3 is 1.50 bits per heavy atom. The summed E-state index contributed by atoms with van der Waals surface area (Å²) in [7, 11) is 0. The molecule has 4 nitrogen and oxygen atoms in total. The second kappa shape index (κ2) is 8.98. The molecule has 0 heterocycles. The van der Waals surface area contributed by atoms with Gasteiger partial charge in [0.1, 0.15) is 11.5 Å². The van der Waals surface area contributed by atoms with Crippen LogP contribution in [0.25, 0.3) is 0 Å². The molecule has 0 atom stereocenters. The van der Waals surface area contributed by atoms with Gasteiger partial charge in [-0.2, -0.15) is 0 Å². The van der Waals surface area contributed by atoms with E-state index in [0.29, 0.717) is 0 Å². The van der Waals surface area contributed by atoms with E-state index in [-0.39, 0.29) is 13.6 Å². The number of rotatable bonds is 8. The lowest BCUT2D eigenvalue weighted by molar-refractivity contribution is 0.0766. The highest BCUT2D eigenvalue weighted by Gasteiger charge is 1.95. The van der Waals surface area contributed by atoms with Gasteiger partial charge in [-0.3, -0.25) is 0 Å². The number of hydrogen-bond donors (Lipinski definition) is 0. The second-order valence-electron chi connectivity index (χ2n) is 3.27. The molecule has 18 heavy (non-hydrogen) atoms. The van der Waals surface area contributed by atoms with Gasteiger partial charge in [0.15, 0.2) is 0 Å². The van der Waals surface area contributed by atoms with Gasteiger partial charge in [0, 0.05) is 0 Å². The molecule has 0 aliphatic carbocycles. The van der Waals surface area contributed by atoms with Gasteiger partial charge in [-0.1, -0.05) is 12.2 Å². The van der Waals surface area contributed by atoms with E-state index in [1.54, 1.807) is 24.7 Å². The summed E-state index contributed by atoms with van der Waals surface area (Å²) in [6.45, 7) is 4.13. The van der Waals surface area contributed by atoms with E-state index in [4.69, 9.17) is 18.9 Å². The molecule has 0 aliphatic rings. The van der Waals surface area contributed by atoms with E-state index in [1.807, 2.05) is 38.1 Å². The van der Waals surface area contributed by atoms with Crippen molar-refractivity contribution in [2.24, 2.45) is 0 Å². The van der Waals surface area contributed by atoms with Crippen molar-refractivity contribution in [1.29, 1.82) is 0 Å². The highest BCUT2D eigenvalue weighted by molar-refractivity contribution is 5.31. The van der Waals surface area contributed by atoms with E-state index in [2.05, 4.69) is 0 Å². The van der Waals surface area contributed by atoms with Crippen LogP contribution in [0.4, 0.5) is 0 Å². The number of allylic oxidation sites excluding steroid dienone is 2. The lowest BCUT2D eigenvalue weighted by Gasteiger charge is -2.08. The molecule has 0 N–H and O–H groups in total. The minimum Gasteiger partial charge on any atom is -0.465 e. The molecule has 0 bridgehead atoms. The van der Waals surface area contributed by atoms with Gasteiger partial charge in [0.2, 0.25) is 13.6 Å². The maximum Gasteiger partial charge on any atom is 0.229 e. The maximum atomic E-state index is 5.33. The molecule has 0 aromatic heterocycles. The standard InChI is InChI=1S/C14H18O4/c1-3-9-15-11-17-13-5-7-14(8-6-13)18-12-16-10-4-2/h3-10H,11-12H2,1-2H3. The van der Waals surface area contributed by atoms with Crippen molar-refractivity contribution < 1.29 is 18.9 Å². The van der Waals surface area contributed by atoms with Crippen LogP contribution in [-0.2, 0) is 9.47 Å². The van der Waals surface area contributed by atoms with E-state index in [1.165, 1.54) is 0 Å². The summed E-state index contributed by atoms with van der Waals surface area (Å²) in [5, 5.41) is 0. The van der Waals surface area contributed by atoms with Crippen molar-refractivity contribution in [3.8, 4) is 11.5 Å². The Hall–Kier alpha value is -2.10. The fourth-order valence-electron chi connectivity index (χ4n) is 1.11. The third-order valence-corrected chi connectivity index (χ3v) is 1.88. The van der Waals surface area contributed by atoms with Gasteiger partial charge in [0.25, 0.3) is 0 Å². The average molecular weight is 250 g/mol. The molecule has 0 saturated heterocycles. The summed E-state index contributed by atoms with van der Waals surface area (Å²) in [5.41, 5.74) is 0. The first-order valence-corrected chi connectivity index (χ1v) is 5.68. The second-order valence-corrected chi connectivity index (χ2v) is 3.27. The van der Waals surface area contributed by atoms with Gasteiger partial charge in [-0.25, -0.2) is 0 Å². The van der Waals surface area contributed by atoms with E-state index < -0.39 is 0 Å². The molecule has 1 rings (SSSR count). The Balaban J connectivity index is 2.28. The third-order valence-electron chi connectivity index (χ3n) is 1.88. The van der Waals surface area contributed by atoms with Crippen LogP contribution in [0.15, 0.2) is 48.9 Å². The predicted octanol–water partition coefficient (Wildman–Crippen LogP) is 3.46. The van der Waals surface area contributed by atoms with Crippen molar-refractivity contribution in [2.45, 2.75) is 13.8 Å². The molecule has 0 amide bonds. The molecule has 0 unspecified atom stereocenters. The fourth-order valence-corrected chi connectivity index (χ4v) is 1.11. The van der Waals surface area contributed by atoms with Crippen molar-refractivity contribution in [3.63, 3.8) is 0 Å². The summed E-state index contributed by atoms with van der Waals surface area (Å²) in [6.07, 6.45) is 6.75. The molecule has 98 valence electrons. The van der Waals surface area contributed by atoms with E-state index in [0.717, 1.165) is 11.5 Å². The van der Waals surface area contributed by atoms with Crippen LogP contribution in [0.2, 0.25) is 0 Å². The Labute approximate surface area is 107 Å². The molecule has 0 spiro atoms. The summed E-state index contributed by atoms with van der Waals surface area (Å²) >= 11 is 0. The monoisotopic (exact) mass is 250 g/mol. The van der Waals surface area contributed by atoms with Crippen LogP contribution in [0.3, 0.4) is 0 Å². The molecule has 0 radical (unpaired) electrons. The molecule has 4 heteroatoms. The lowest BCUT2D eigenvalue weighted by atomic mass is 10.3. The van der Waals surface area contributed by atoms with Crippen molar-refractivity contribution in [2.75, 3.05) is 13.6 Å². The molecule has 1 aromatic rings. The summed E-state index contributed by atoms with van der Waals surface area (Å²) < 4.78 is 20.8. The first kappa shape index (κ1) is 14.0. The molecule has 0 saturated carbocycles. The average Bonchev–Trinajstić information content (AvgIpc) is 2.41. The van der Waals surface area contributed by atoms with Gasteiger partial charge >= 0.3 is 0 Å². The first-order chi connectivity index (χ1) is 8.86. The number of hydrogen-bond acceptors (Lipinski definition) is 4. The molecule has 0 fully saturated rings. The predicted molar refractivity (Wildman–Crippen MR) is 69.2 cm³/mol. The quantitative estimate of drug-likeness (QED) is 0.402. The minimum atomic E-state index is 0.189. The van der Waals surface area contributed by atoms with Crippen LogP contribution in [-0.4, -0.2) is 13.6 Å². The van der Waals surface area contributed by atoms with E-state index in [9.17, 15) is 0 Å². The minimum absolute atomic E-state index is 0.189. The van der Waals surface area contributed by atoms with Gasteiger partial charge in [0.05, 0.1) is 12.5 Å². The van der Waals surface area contributed by atoms with Gasteiger partial charge in [-0.15, -0.1) is 0 Å². The van der Waals surface area contributed by atoms with Crippen molar-refractivity contribution in [3.05, 3.63) is 48.9 Å². The number of ether oxygens (including phenoxy) is 4. The van der Waals surface area contributed by atoms with Gasteiger partial charge in [-0.05, 0) is 38.1 Å². The topological polar surface area (TPSA) is 36.9 Å². The zero-order valence-corrected chi connectivity index (χ0v) is 10.7. The normalized spacial score (nSPS) is 10.8. The highest BCUT2D eigenvalue weighted by atomic mass is 16.7. The Kier molecular flexibility index (Phi) is 6.97. The molecule has 0 aliphatic heterocycles. The van der Waals surface area contributed by atoms with Crippen molar-refractivity contribution >= 4 is 0 Å². The lowest BCUT2D eigenvalue weighted by Crippen LogP contribution is -2.00. The maximum absolute atomic E-state index is 5.33. The summed E-state index contributed by atoms with van der Waals surface area (Å²) in [6, 6.07) is 7.24. The third kappa shape index (κ3) is 5.84. The first-order valence-electron chi connectivity index (χ1n) is 5.68. The Morgan fingerprint density at radius 1 is 0.778 bits per heavy atom.